The van der Waals surface area contributed by atoms with Crippen molar-refractivity contribution in [2.75, 3.05) is 13.7 Å². The predicted molar refractivity (Wildman–Crippen MR) is 235 cm³/mol. The first-order chi connectivity index (χ1) is 29.9. The third-order valence-electron chi connectivity index (χ3n) is 11.7. The van der Waals surface area contributed by atoms with Crippen LogP contribution in [-0.4, -0.2) is 62.1 Å². The number of aromatic nitrogens is 4. The van der Waals surface area contributed by atoms with Gasteiger partial charge in [0.2, 0.25) is 5.91 Å². The highest BCUT2D eigenvalue weighted by Crippen LogP contribution is 2.43. The Labute approximate surface area is 356 Å². The molecule has 1 saturated heterocycles. The minimum absolute atomic E-state index is 0.0838. The number of benzene rings is 6. The van der Waals surface area contributed by atoms with E-state index in [9.17, 15) is 14.4 Å². The molecule has 0 unspecified atom stereocenters. The number of ether oxygens (including phenoxy) is 1. The monoisotopic (exact) mass is 808 g/mol. The average molecular weight is 809 g/mol. The lowest BCUT2D eigenvalue weighted by molar-refractivity contribution is -0.163. The lowest BCUT2D eigenvalue weighted by Crippen LogP contribution is -2.64. The van der Waals surface area contributed by atoms with E-state index in [4.69, 9.17) is 15.0 Å². The summed E-state index contributed by atoms with van der Waals surface area (Å²) in [7, 11) is 1.32. The van der Waals surface area contributed by atoms with Gasteiger partial charge in [0.15, 0.2) is 17.3 Å². The van der Waals surface area contributed by atoms with E-state index in [1.807, 2.05) is 145 Å². The van der Waals surface area contributed by atoms with Crippen LogP contribution < -0.4 is 5.32 Å². The summed E-state index contributed by atoms with van der Waals surface area (Å²) < 4.78 is 7.28. The maximum atomic E-state index is 14.1. The summed E-state index contributed by atoms with van der Waals surface area (Å²) >= 11 is 0. The van der Waals surface area contributed by atoms with Crippen LogP contribution in [0.3, 0.4) is 0 Å². The number of nitrogens with zero attached hydrogens (tertiary/aromatic N) is 5. The molecule has 2 atom stereocenters. The lowest BCUT2D eigenvalue weighted by atomic mass is 9.77. The molecular weight excluding hydrogens is 761 g/mol. The number of rotatable bonds is 15. The second-order valence-electron chi connectivity index (χ2n) is 15.3. The van der Waals surface area contributed by atoms with Crippen molar-refractivity contribution in [3.63, 3.8) is 0 Å². The van der Waals surface area contributed by atoms with Gasteiger partial charge in [-0.15, -0.1) is 5.10 Å². The van der Waals surface area contributed by atoms with Crippen molar-refractivity contribution in [1.29, 1.82) is 0 Å². The number of tetrazole rings is 1. The fourth-order valence-electron chi connectivity index (χ4n) is 8.86. The Morgan fingerprint density at radius 2 is 1.26 bits per heavy atom. The molecule has 1 aliphatic rings. The van der Waals surface area contributed by atoms with E-state index in [1.54, 1.807) is 4.90 Å². The normalized spacial score (nSPS) is 15.6. The molecule has 7 aromatic rings. The van der Waals surface area contributed by atoms with Crippen molar-refractivity contribution in [2.24, 2.45) is 0 Å². The molecule has 1 N–H and O–H groups in total. The van der Waals surface area contributed by atoms with Crippen molar-refractivity contribution in [1.82, 2.24) is 30.4 Å². The first-order valence-corrected chi connectivity index (χ1v) is 20.8. The van der Waals surface area contributed by atoms with E-state index in [0.29, 0.717) is 37.2 Å². The number of amides is 1. The number of likely N-dealkylation sites (tertiary alicyclic amines) is 1. The van der Waals surface area contributed by atoms with Gasteiger partial charge in [-0.05, 0) is 68.6 Å². The van der Waals surface area contributed by atoms with Crippen LogP contribution in [0.25, 0.3) is 22.5 Å². The number of esters is 1. The molecule has 10 heteroatoms. The minimum atomic E-state index is -1.51. The summed E-state index contributed by atoms with van der Waals surface area (Å²) in [5.41, 5.74) is 4.61. The van der Waals surface area contributed by atoms with Crippen LogP contribution in [0.2, 0.25) is 0 Å². The number of hydrogen-bond acceptors (Lipinski definition) is 8. The van der Waals surface area contributed by atoms with Crippen molar-refractivity contribution in [3.8, 4) is 22.5 Å². The lowest BCUT2D eigenvalue weighted by Gasteiger charge is -2.39. The van der Waals surface area contributed by atoms with E-state index in [0.717, 1.165) is 38.9 Å². The fraction of sp³-hybridized carbons (Fsp3) is 0.216. The SMILES string of the molecule is CCCC(=O)[C@@H](N[C@@]1(C(=O)OC)CCCN1C(=O)Cc1ccccc1)c1ccc(-c2ccccc2-c2nnnn2C(c2ccccc2)(c2ccccc2)c2ccccc2)cc1. The Bertz CT molecular complexity index is 2490. The van der Waals surface area contributed by atoms with Gasteiger partial charge in [0, 0.05) is 18.5 Å². The first kappa shape index (κ1) is 40.7. The third kappa shape index (κ3) is 7.78. The van der Waals surface area contributed by atoms with Gasteiger partial charge in [-0.3, -0.25) is 14.9 Å². The second-order valence-corrected chi connectivity index (χ2v) is 15.3. The third-order valence-corrected chi connectivity index (χ3v) is 11.7. The standard InChI is InChI=1S/C51H48N6O4/c1-3-19-45(58)47(52-50(49(60)61-2)34-18-35-56(50)46(59)36-37-20-8-4-9-21-37)39-32-30-38(31-33-39)43-28-16-17-29-44(43)48-53-54-55-57(48)51(40-22-10-5-11-23-40,41-24-12-6-13-25-41)42-26-14-7-15-27-42/h4-17,20-33,47,52H,3,18-19,34-36H2,1-2H3/t47-,50-/m0/s1. The van der Waals surface area contributed by atoms with E-state index in [1.165, 1.54) is 7.11 Å². The van der Waals surface area contributed by atoms with E-state index >= 15 is 0 Å². The highest BCUT2D eigenvalue weighted by molar-refractivity contribution is 5.92. The Balaban J connectivity index is 1.19. The quantitative estimate of drug-likeness (QED) is 0.0809. The largest absolute Gasteiger partial charge is 0.466 e. The number of nitrogens with one attached hydrogen (secondary N) is 1. The van der Waals surface area contributed by atoms with Crippen molar-refractivity contribution in [3.05, 3.63) is 198 Å². The molecule has 1 aliphatic heterocycles. The van der Waals surface area contributed by atoms with Crippen LogP contribution in [0.5, 0.6) is 0 Å². The maximum absolute atomic E-state index is 14.1. The molecule has 1 amide bonds. The van der Waals surface area contributed by atoms with E-state index in [-0.39, 0.29) is 24.5 Å². The summed E-state index contributed by atoms with van der Waals surface area (Å²) in [5.74, 6) is -0.329. The summed E-state index contributed by atoms with van der Waals surface area (Å²) in [4.78, 5) is 43.3. The molecule has 0 spiro atoms. The molecule has 10 nitrogen and oxygen atoms in total. The van der Waals surface area contributed by atoms with E-state index < -0.39 is 23.2 Å². The number of carbonyl (C=O) groups is 3. The van der Waals surface area contributed by atoms with Crippen molar-refractivity contribution >= 4 is 17.7 Å². The van der Waals surface area contributed by atoms with Crippen molar-refractivity contribution in [2.45, 2.75) is 56.3 Å². The highest BCUT2D eigenvalue weighted by atomic mass is 16.5. The number of carbonyl (C=O) groups excluding carboxylic acids is 3. The number of Topliss-reactive ketones (excluding diaryl/α,β-unsaturated/α-hetero) is 1. The molecule has 1 fully saturated rings. The van der Waals surface area contributed by atoms with Gasteiger partial charge in [-0.25, -0.2) is 9.48 Å². The van der Waals surface area contributed by atoms with Crippen LogP contribution in [0.15, 0.2) is 170 Å². The molecular formula is C51H48N6O4. The topological polar surface area (TPSA) is 119 Å². The second kappa shape index (κ2) is 18.1. The zero-order valence-corrected chi connectivity index (χ0v) is 34.4. The van der Waals surface area contributed by atoms with Gasteiger partial charge in [0.25, 0.3) is 0 Å². The van der Waals surface area contributed by atoms with Crippen LogP contribution in [0.4, 0.5) is 0 Å². The fourth-order valence-corrected chi connectivity index (χ4v) is 8.86. The molecule has 1 aromatic heterocycles. The summed E-state index contributed by atoms with van der Waals surface area (Å²) in [5, 5.41) is 17.2. The summed E-state index contributed by atoms with van der Waals surface area (Å²) in [6.07, 6.45) is 1.91. The Morgan fingerprint density at radius 3 is 1.82 bits per heavy atom. The molecule has 6 aromatic carbocycles. The zero-order valence-electron chi connectivity index (χ0n) is 34.4. The van der Waals surface area contributed by atoms with Gasteiger partial charge in [-0.1, -0.05) is 177 Å². The molecule has 8 rings (SSSR count). The van der Waals surface area contributed by atoms with Gasteiger partial charge in [0.05, 0.1) is 19.6 Å². The molecule has 0 radical (unpaired) electrons. The summed E-state index contributed by atoms with van der Waals surface area (Å²) in [6, 6.07) is 55.2. The number of methoxy groups -OCH3 is 1. The predicted octanol–water partition coefficient (Wildman–Crippen LogP) is 8.58. The molecule has 0 saturated carbocycles. The number of hydrogen-bond donors (Lipinski definition) is 1. The molecule has 0 aliphatic carbocycles. The Hall–Kier alpha value is -7.04. The average Bonchev–Trinajstić information content (AvgIpc) is 3.99. The summed E-state index contributed by atoms with van der Waals surface area (Å²) in [6.45, 7) is 2.31. The zero-order chi connectivity index (χ0) is 42.2. The molecule has 61 heavy (non-hydrogen) atoms. The van der Waals surface area contributed by atoms with Crippen LogP contribution in [-0.2, 0) is 31.1 Å². The Morgan fingerprint density at radius 1 is 0.721 bits per heavy atom. The molecule has 2 heterocycles. The Kier molecular flexibility index (Phi) is 12.1. The highest BCUT2D eigenvalue weighted by Gasteiger charge is 2.52. The maximum Gasteiger partial charge on any atom is 0.347 e. The van der Waals surface area contributed by atoms with Crippen LogP contribution in [0.1, 0.15) is 66.5 Å². The van der Waals surface area contributed by atoms with Crippen LogP contribution >= 0.6 is 0 Å². The number of ketones is 1. The van der Waals surface area contributed by atoms with Crippen LogP contribution in [0, 0.1) is 0 Å². The minimum Gasteiger partial charge on any atom is -0.466 e. The van der Waals surface area contributed by atoms with Gasteiger partial charge < -0.3 is 9.64 Å². The first-order valence-electron chi connectivity index (χ1n) is 20.8. The van der Waals surface area contributed by atoms with Gasteiger partial charge >= 0.3 is 5.97 Å². The molecule has 0 bridgehead atoms. The molecule has 306 valence electrons. The van der Waals surface area contributed by atoms with E-state index in [2.05, 4.69) is 46.9 Å². The van der Waals surface area contributed by atoms with Gasteiger partial charge in [0.1, 0.15) is 5.54 Å². The van der Waals surface area contributed by atoms with Gasteiger partial charge in [-0.2, -0.15) is 0 Å². The van der Waals surface area contributed by atoms with Crippen molar-refractivity contribution < 1.29 is 19.1 Å². The smallest absolute Gasteiger partial charge is 0.347 e.